The predicted molar refractivity (Wildman–Crippen MR) is 163 cm³/mol. The van der Waals surface area contributed by atoms with Gasteiger partial charge < -0.3 is 30.2 Å². The van der Waals surface area contributed by atoms with Crippen LogP contribution in [0.3, 0.4) is 0 Å². The molecule has 3 N–H and O–H groups in total. The van der Waals surface area contributed by atoms with Crippen LogP contribution in [0.1, 0.15) is 81.6 Å². The Balaban J connectivity index is 6.58. The smallest absolute Gasteiger partial charge is 0.326 e. The lowest BCUT2D eigenvalue weighted by Crippen LogP contribution is -2.62. The van der Waals surface area contributed by atoms with Crippen molar-refractivity contribution >= 4 is 29.6 Å². The Hall–Kier alpha value is -2.95. The van der Waals surface area contributed by atoms with Crippen LogP contribution < -0.4 is 5.32 Å². The summed E-state index contributed by atoms with van der Waals surface area (Å²) in [5, 5.41) is 23.3. The van der Waals surface area contributed by atoms with E-state index in [1.54, 1.807) is 48.6 Å². The molecule has 0 saturated carbocycles. The molecule has 0 rings (SSSR count). The number of aliphatic carboxylic acids is 1. The molecule has 0 aliphatic heterocycles. The van der Waals surface area contributed by atoms with Crippen molar-refractivity contribution in [2.24, 2.45) is 23.7 Å². The van der Waals surface area contributed by atoms with Crippen molar-refractivity contribution in [3.8, 4) is 0 Å². The number of carbonyl (C=O) groups excluding carboxylic acids is 4. The average Bonchev–Trinajstić information content (AvgIpc) is 2.91. The molecule has 0 radical (unpaired) electrons. The highest BCUT2D eigenvalue weighted by Crippen LogP contribution is 2.23. The number of carboxylic acids is 1. The van der Waals surface area contributed by atoms with Crippen LogP contribution in [-0.4, -0.2) is 106 Å². The summed E-state index contributed by atoms with van der Waals surface area (Å²) in [6.07, 6.45) is 3.27. The summed E-state index contributed by atoms with van der Waals surface area (Å²) in [5.41, 5.74) is 0. The van der Waals surface area contributed by atoms with Gasteiger partial charge in [0.2, 0.25) is 23.6 Å². The van der Waals surface area contributed by atoms with Crippen molar-refractivity contribution in [3.63, 3.8) is 0 Å². The van der Waals surface area contributed by atoms with Crippen molar-refractivity contribution in [3.05, 3.63) is 12.2 Å². The van der Waals surface area contributed by atoms with Crippen LogP contribution in [0.15, 0.2) is 12.2 Å². The largest absolute Gasteiger partial charge is 0.480 e. The zero-order chi connectivity index (χ0) is 33.1. The van der Waals surface area contributed by atoms with E-state index in [1.807, 2.05) is 32.9 Å². The van der Waals surface area contributed by atoms with Gasteiger partial charge in [-0.1, -0.05) is 67.5 Å². The number of rotatable bonds is 17. The van der Waals surface area contributed by atoms with Gasteiger partial charge in [-0.05, 0) is 43.9 Å². The summed E-state index contributed by atoms with van der Waals surface area (Å²) in [7, 11) is 4.49. The van der Waals surface area contributed by atoms with Crippen molar-refractivity contribution in [1.82, 2.24) is 20.0 Å². The van der Waals surface area contributed by atoms with Crippen molar-refractivity contribution in [2.45, 2.75) is 112 Å². The maximum Gasteiger partial charge on any atom is 0.326 e. The molecular weight excluding hydrogens is 540 g/mol. The molecule has 0 aromatic heterocycles. The van der Waals surface area contributed by atoms with Crippen LogP contribution in [0.2, 0.25) is 0 Å². The summed E-state index contributed by atoms with van der Waals surface area (Å²) < 4.78 is 0. The van der Waals surface area contributed by atoms with Gasteiger partial charge in [0.05, 0.1) is 6.10 Å². The average molecular weight is 597 g/mol. The van der Waals surface area contributed by atoms with E-state index < -0.39 is 59.9 Å². The zero-order valence-electron chi connectivity index (χ0n) is 27.7. The van der Waals surface area contributed by atoms with Gasteiger partial charge in [-0.2, -0.15) is 0 Å². The van der Waals surface area contributed by atoms with E-state index in [0.717, 1.165) is 4.90 Å². The predicted octanol–water partition coefficient (Wildman–Crippen LogP) is 2.77. The maximum absolute atomic E-state index is 14.1. The summed E-state index contributed by atoms with van der Waals surface area (Å²) in [6.45, 7) is 16.2. The molecule has 42 heavy (non-hydrogen) atoms. The third-order valence-electron chi connectivity index (χ3n) is 7.64. The standard InChI is InChI=1S/C31H56N4O7/c1-13-15-16-21(9)26(36)25(27(37)32-22(14-2)31(41)42)35(12)30(40)24(19(5)6)34(11)29(39)23(17-18(3)4)33(10)28(38)20(7)8/h13,15,18-26,36H,14,16-17H2,1-12H3,(H,32,37)(H,41,42)/b15-13+. The summed E-state index contributed by atoms with van der Waals surface area (Å²) in [6, 6.07) is -4.42. The Morgan fingerprint density at radius 2 is 1.33 bits per heavy atom. The summed E-state index contributed by atoms with van der Waals surface area (Å²) in [4.78, 5) is 69.8. The van der Waals surface area contributed by atoms with Gasteiger partial charge in [0.1, 0.15) is 24.2 Å². The molecule has 4 amide bonds. The van der Waals surface area contributed by atoms with Crippen molar-refractivity contribution < 1.29 is 34.2 Å². The van der Waals surface area contributed by atoms with Crippen LogP contribution in [0.25, 0.3) is 0 Å². The number of likely N-dealkylation sites (N-methyl/N-ethyl adjacent to an activating group) is 3. The topological polar surface area (TPSA) is 148 Å². The first-order valence-electron chi connectivity index (χ1n) is 15.0. The fraction of sp³-hybridized carbons (Fsp3) is 0.774. The minimum atomic E-state index is -1.41. The third-order valence-corrected chi connectivity index (χ3v) is 7.64. The number of hydrogen-bond donors (Lipinski definition) is 3. The SMILES string of the molecule is C/C=C/CC(C)C(O)C(C(=O)NC(CC)C(=O)O)N(C)C(=O)C(C(C)C)N(C)C(=O)C(CC(C)C)N(C)C(=O)C(C)C. The molecule has 0 spiro atoms. The van der Waals surface area contributed by atoms with Crippen LogP contribution in [-0.2, 0) is 24.0 Å². The molecule has 0 aromatic carbocycles. The minimum absolute atomic E-state index is 0.0910. The number of amides is 4. The molecule has 0 heterocycles. The fourth-order valence-electron chi connectivity index (χ4n) is 5.00. The normalized spacial score (nSPS) is 16.1. The van der Waals surface area contributed by atoms with E-state index in [2.05, 4.69) is 5.32 Å². The highest BCUT2D eigenvalue weighted by atomic mass is 16.4. The number of nitrogens with one attached hydrogen (secondary N) is 1. The zero-order valence-corrected chi connectivity index (χ0v) is 27.7. The number of carboxylic acid groups (broad SMARTS) is 1. The number of carbonyl (C=O) groups is 5. The van der Waals surface area contributed by atoms with Gasteiger partial charge in [0.15, 0.2) is 0 Å². The van der Waals surface area contributed by atoms with E-state index in [1.165, 1.54) is 23.9 Å². The number of aliphatic hydroxyl groups excluding tert-OH is 1. The van der Waals surface area contributed by atoms with E-state index in [9.17, 15) is 34.2 Å². The Bertz CT molecular complexity index is 950. The quantitative estimate of drug-likeness (QED) is 0.219. The van der Waals surface area contributed by atoms with Crippen molar-refractivity contribution in [2.75, 3.05) is 21.1 Å². The summed E-state index contributed by atoms with van der Waals surface area (Å²) >= 11 is 0. The Morgan fingerprint density at radius 1 is 0.810 bits per heavy atom. The molecule has 6 atom stereocenters. The van der Waals surface area contributed by atoms with Gasteiger partial charge >= 0.3 is 5.97 Å². The molecule has 0 bridgehead atoms. The number of allylic oxidation sites excluding steroid dienone is 2. The lowest BCUT2D eigenvalue weighted by molar-refractivity contribution is -0.156. The summed E-state index contributed by atoms with van der Waals surface area (Å²) in [5.74, 6) is -4.25. The van der Waals surface area contributed by atoms with Gasteiger partial charge in [0, 0.05) is 27.1 Å². The number of nitrogens with zero attached hydrogens (tertiary/aromatic N) is 3. The van der Waals surface area contributed by atoms with Gasteiger partial charge in [0.25, 0.3) is 0 Å². The van der Waals surface area contributed by atoms with E-state index >= 15 is 0 Å². The highest BCUT2D eigenvalue weighted by molar-refractivity contribution is 5.95. The first-order valence-corrected chi connectivity index (χ1v) is 15.0. The van der Waals surface area contributed by atoms with E-state index in [-0.39, 0.29) is 30.1 Å². The monoisotopic (exact) mass is 596 g/mol. The molecule has 0 aliphatic rings. The number of aliphatic hydroxyl groups is 1. The van der Waals surface area contributed by atoms with Gasteiger partial charge in [-0.3, -0.25) is 19.2 Å². The molecule has 0 aromatic rings. The second kappa shape index (κ2) is 17.9. The van der Waals surface area contributed by atoms with E-state index in [0.29, 0.717) is 12.8 Å². The molecule has 6 unspecified atom stereocenters. The number of hydrogen-bond acceptors (Lipinski definition) is 6. The highest BCUT2D eigenvalue weighted by Gasteiger charge is 2.43. The third kappa shape index (κ3) is 10.7. The maximum atomic E-state index is 14.1. The van der Waals surface area contributed by atoms with E-state index in [4.69, 9.17) is 0 Å². The minimum Gasteiger partial charge on any atom is -0.480 e. The van der Waals surface area contributed by atoms with Gasteiger partial charge in [-0.15, -0.1) is 0 Å². The second-order valence-corrected chi connectivity index (χ2v) is 12.4. The van der Waals surface area contributed by atoms with Crippen LogP contribution >= 0.6 is 0 Å². The Kier molecular flexibility index (Phi) is 16.6. The van der Waals surface area contributed by atoms with Crippen LogP contribution in [0.5, 0.6) is 0 Å². The van der Waals surface area contributed by atoms with Crippen molar-refractivity contribution in [1.29, 1.82) is 0 Å². The molecule has 0 aliphatic carbocycles. The molecule has 11 heteroatoms. The lowest BCUT2D eigenvalue weighted by Gasteiger charge is -2.40. The first kappa shape index (κ1) is 39.0. The lowest BCUT2D eigenvalue weighted by atomic mass is 9.91. The Morgan fingerprint density at radius 3 is 1.74 bits per heavy atom. The molecule has 242 valence electrons. The Labute approximate surface area is 252 Å². The second-order valence-electron chi connectivity index (χ2n) is 12.4. The van der Waals surface area contributed by atoms with Gasteiger partial charge in [-0.25, -0.2) is 4.79 Å². The molecular formula is C31H56N4O7. The fourth-order valence-corrected chi connectivity index (χ4v) is 5.00. The van der Waals surface area contributed by atoms with Crippen LogP contribution in [0.4, 0.5) is 0 Å². The molecule has 0 saturated heterocycles. The first-order chi connectivity index (χ1) is 19.3. The molecule has 11 nitrogen and oxygen atoms in total. The molecule has 0 fully saturated rings. The van der Waals surface area contributed by atoms with Crippen LogP contribution in [0, 0.1) is 23.7 Å².